The number of nitrogens with one attached hydrogen (secondary N) is 1. The van der Waals surface area contributed by atoms with Crippen molar-refractivity contribution in [2.75, 3.05) is 26.3 Å². The van der Waals surface area contributed by atoms with Gasteiger partial charge in [0.2, 0.25) is 5.91 Å². The molecule has 10 heteroatoms. The van der Waals surface area contributed by atoms with Crippen LogP contribution in [-0.4, -0.2) is 70.1 Å². The highest BCUT2D eigenvalue weighted by Crippen LogP contribution is 2.24. The molecule has 0 bridgehead atoms. The molecule has 10 nitrogen and oxygen atoms in total. The molecule has 2 N–H and O–H groups in total. The van der Waals surface area contributed by atoms with E-state index in [1.807, 2.05) is 55.5 Å². The first kappa shape index (κ1) is 34.1. The first-order valence-electron chi connectivity index (χ1n) is 16.4. The highest BCUT2D eigenvalue weighted by Gasteiger charge is 2.38. The van der Waals surface area contributed by atoms with Gasteiger partial charge in [0.05, 0.1) is 19.1 Å². The van der Waals surface area contributed by atoms with Crippen molar-refractivity contribution in [3.05, 3.63) is 96.3 Å². The van der Waals surface area contributed by atoms with Gasteiger partial charge in [0, 0.05) is 48.6 Å². The molecule has 0 radical (unpaired) electrons. The number of nitrogens with zero attached hydrogens (tertiary/aromatic N) is 3. The molecule has 1 aromatic heterocycles. The molecule has 1 aliphatic heterocycles. The lowest BCUT2D eigenvalue weighted by Gasteiger charge is -2.39. The van der Waals surface area contributed by atoms with Crippen molar-refractivity contribution in [1.82, 2.24) is 20.2 Å². The maximum atomic E-state index is 13.4. The summed E-state index contributed by atoms with van der Waals surface area (Å²) in [5.41, 5.74) is 3.90. The van der Waals surface area contributed by atoms with Gasteiger partial charge in [-0.3, -0.25) is 14.4 Å². The fourth-order valence-electron chi connectivity index (χ4n) is 5.42. The van der Waals surface area contributed by atoms with Crippen LogP contribution < -0.4 is 14.8 Å². The standard InChI is InChI=1S/C38H42N4O6/c1-4-47-32-17-13-29(14-18-32)36(43)41-34(37(44)42-23-31(24-42)38(45)46)20-26-7-9-28(10-8-26)35-39-21-30(22-40-35)27-11-15-33(16-12-27)48-19-5-6-25(2)3/h7-18,21-22,25,31,34H,4-6,19-20,23-24H2,1-3H3,(H,41,43)(H,45,46)/t34-/m0/s1. The van der Waals surface area contributed by atoms with Gasteiger partial charge >= 0.3 is 5.97 Å². The number of aromatic nitrogens is 2. The van der Waals surface area contributed by atoms with Crippen LogP contribution in [0.3, 0.4) is 0 Å². The number of carbonyl (C=O) groups excluding carboxylic acids is 2. The van der Waals surface area contributed by atoms with Crippen molar-refractivity contribution in [3.8, 4) is 34.0 Å². The summed E-state index contributed by atoms with van der Waals surface area (Å²) in [7, 11) is 0. The normalized spacial score (nSPS) is 13.5. The van der Waals surface area contributed by atoms with E-state index in [-0.39, 0.29) is 25.4 Å². The number of carboxylic acids is 1. The van der Waals surface area contributed by atoms with E-state index in [0.29, 0.717) is 36.3 Å². The Balaban J connectivity index is 1.23. The molecule has 1 aliphatic rings. The summed E-state index contributed by atoms with van der Waals surface area (Å²) in [4.78, 5) is 48.5. The third-order valence-corrected chi connectivity index (χ3v) is 8.26. The van der Waals surface area contributed by atoms with Gasteiger partial charge in [-0.25, -0.2) is 9.97 Å². The zero-order valence-electron chi connectivity index (χ0n) is 27.6. The summed E-state index contributed by atoms with van der Waals surface area (Å²) < 4.78 is 11.3. The lowest BCUT2D eigenvalue weighted by atomic mass is 9.96. The van der Waals surface area contributed by atoms with Crippen LogP contribution in [0.1, 0.15) is 49.5 Å². The number of hydrogen-bond donors (Lipinski definition) is 2. The van der Waals surface area contributed by atoms with Crippen LogP contribution in [0.2, 0.25) is 0 Å². The number of aliphatic carboxylic acids is 1. The molecule has 0 aliphatic carbocycles. The maximum absolute atomic E-state index is 13.4. The van der Waals surface area contributed by atoms with E-state index in [2.05, 4.69) is 29.1 Å². The minimum atomic E-state index is -0.935. The fourth-order valence-corrected chi connectivity index (χ4v) is 5.42. The largest absolute Gasteiger partial charge is 0.494 e. The second-order valence-electron chi connectivity index (χ2n) is 12.4. The molecule has 5 rings (SSSR count). The summed E-state index contributed by atoms with van der Waals surface area (Å²) in [5, 5.41) is 12.1. The van der Waals surface area contributed by atoms with Crippen molar-refractivity contribution in [3.63, 3.8) is 0 Å². The third-order valence-electron chi connectivity index (χ3n) is 8.26. The maximum Gasteiger partial charge on any atom is 0.310 e. The Morgan fingerprint density at radius 1 is 0.854 bits per heavy atom. The second-order valence-corrected chi connectivity index (χ2v) is 12.4. The van der Waals surface area contributed by atoms with Gasteiger partial charge < -0.3 is 24.8 Å². The Morgan fingerprint density at radius 3 is 2.06 bits per heavy atom. The molecule has 1 saturated heterocycles. The molecule has 0 unspecified atom stereocenters. The van der Waals surface area contributed by atoms with Crippen LogP contribution >= 0.6 is 0 Å². The number of rotatable bonds is 15. The van der Waals surface area contributed by atoms with E-state index in [0.717, 1.165) is 40.8 Å². The topological polar surface area (TPSA) is 131 Å². The number of likely N-dealkylation sites (tertiary alicyclic amines) is 1. The summed E-state index contributed by atoms with van der Waals surface area (Å²) in [6.45, 7) is 7.75. The van der Waals surface area contributed by atoms with Crippen LogP contribution in [0, 0.1) is 11.8 Å². The van der Waals surface area contributed by atoms with E-state index in [1.165, 1.54) is 4.90 Å². The first-order valence-corrected chi connectivity index (χ1v) is 16.4. The van der Waals surface area contributed by atoms with E-state index in [9.17, 15) is 19.5 Å². The number of benzene rings is 3. The SMILES string of the molecule is CCOc1ccc(C(=O)N[C@@H](Cc2ccc(-c3ncc(-c4ccc(OCCCC(C)C)cc4)cn3)cc2)C(=O)N2CC(C(=O)O)C2)cc1. The number of ether oxygens (including phenoxy) is 2. The Kier molecular flexibility index (Phi) is 11.4. The average Bonchev–Trinajstić information content (AvgIpc) is 3.06. The van der Waals surface area contributed by atoms with Gasteiger partial charge in [-0.2, -0.15) is 0 Å². The lowest BCUT2D eigenvalue weighted by molar-refractivity contribution is -0.153. The van der Waals surface area contributed by atoms with Gasteiger partial charge in [-0.1, -0.05) is 50.2 Å². The predicted octanol–water partition coefficient (Wildman–Crippen LogP) is 5.91. The highest BCUT2D eigenvalue weighted by molar-refractivity contribution is 5.98. The van der Waals surface area contributed by atoms with Crippen molar-refractivity contribution >= 4 is 17.8 Å². The van der Waals surface area contributed by atoms with E-state index in [4.69, 9.17) is 9.47 Å². The Labute approximate surface area is 281 Å². The molecule has 4 aromatic rings. The zero-order chi connectivity index (χ0) is 34.0. The fraction of sp³-hybridized carbons (Fsp3) is 0.342. The monoisotopic (exact) mass is 650 g/mol. The van der Waals surface area contributed by atoms with Gasteiger partial charge in [0.1, 0.15) is 17.5 Å². The molecule has 2 heterocycles. The summed E-state index contributed by atoms with van der Waals surface area (Å²) in [6, 6.07) is 21.3. The lowest BCUT2D eigenvalue weighted by Crippen LogP contribution is -2.59. The molecule has 2 amide bonds. The summed E-state index contributed by atoms with van der Waals surface area (Å²) in [6.07, 6.45) is 5.98. The molecule has 3 aromatic carbocycles. The van der Waals surface area contributed by atoms with Crippen LogP contribution in [0.25, 0.3) is 22.5 Å². The summed E-state index contributed by atoms with van der Waals surface area (Å²) in [5.74, 6) is 0.465. The first-order chi connectivity index (χ1) is 23.2. The summed E-state index contributed by atoms with van der Waals surface area (Å²) >= 11 is 0. The van der Waals surface area contributed by atoms with Crippen molar-refractivity contribution < 1.29 is 29.0 Å². The second kappa shape index (κ2) is 16.0. The Hall–Kier alpha value is -5.25. The van der Waals surface area contributed by atoms with Crippen molar-refractivity contribution in [1.29, 1.82) is 0 Å². The number of carbonyl (C=O) groups is 3. The number of amides is 2. The van der Waals surface area contributed by atoms with Crippen LogP contribution in [0.4, 0.5) is 0 Å². The van der Waals surface area contributed by atoms with Crippen LogP contribution in [-0.2, 0) is 16.0 Å². The van der Waals surface area contributed by atoms with Crippen molar-refractivity contribution in [2.24, 2.45) is 11.8 Å². The minimum absolute atomic E-state index is 0.117. The third kappa shape index (κ3) is 8.96. The zero-order valence-corrected chi connectivity index (χ0v) is 27.6. The van der Waals surface area contributed by atoms with Gasteiger partial charge in [0.25, 0.3) is 5.91 Å². The number of carboxylic acid groups (broad SMARTS) is 1. The highest BCUT2D eigenvalue weighted by atomic mass is 16.5. The molecular weight excluding hydrogens is 608 g/mol. The molecule has 1 atom stereocenters. The Bertz CT molecular complexity index is 1670. The quantitative estimate of drug-likeness (QED) is 0.152. The predicted molar refractivity (Wildman–Crippen MR) is 183 cm³/mol. The van der Waals surface area contributed by atoms with Gasteiger partial charge in [0.15, 0.2) is 5.82 Å². The molecule has 1 fully saturated rings. The van der Waals surface area contributed by atoms with E-state index in [1.54, 1.807) is 36.7 Å². The van der Waals surface area contributed by atoms with Crippen LogP contribution in [0.5, 0.6) is 11.5 Å². The van der Waals surface area contributed by atoms with Gasteiger partial charge in [-0.05, 0) is 73.2 Å². The molecule has 48 heavy (non-hydrogen) atoms. The molecule has 250 valence electrons. The van der Waals surface area contributed by atoms with Crippen LogP contribution in [0.15, 0.2) is 85.2 Å². The van der Waals surface area contributed by atoms with E-state index < -0.39 is 23.8 Å². The molecule has 0 spiro atoms. The minimum Gasteiger partial charge on any atom is -0.494 e. The smallest absolute Gasteiger partial charge is 0.310 e. The molecular formula is C38H42N4O6. The van der Waals surface area contributed by atoms with Gasteiger partial charge in [-0.15, -0.1) is 0 Å². The Morgan fingerprint density at radius 2 is 1.46 bits per heavy atom. The average molecular weight is 651 g/mol. The number of hydrogen-bond acceptors (Lipinski definition) is 7. The van der Waals surface area contributed by atoms with Crippen molar-refractivity contribution in [2.45, 2.75) is 46.1 Å². The molecule has 0 saturated carbocycles. The van der Waals surface area contributed by atoms with E-state index >= 15 is 0 Å².